The number of carbonyl (C=O) groups excluding carboxylic acids is 1. The van der Waals surface area contributed by atoms with Gasteiger partial charge < -0.3 is 9.84 Å². The molecule has 1 N–H and O–H groups in total. The van der Waals surface area contributed by atoms with E-state index in [1.807, 2.05) is 0 Å². The molecule has 2 atom stereocenters. The molecule has 0 aromatic heterocycles. The summed E-state index contributed by atoms with van der Waals surface area (Å²) in [5, 5.41) is 9.41. The molecule has 1 aliphatic carbocycles. The van der Waals surface area contributed by atoms with Crippen molar-refractivity contribution in [2.45, 2.75) is 13.0 Å². The van der Waals surface area contributed by atoms with Crippen molar-refractivity contribution in [2.24, 2.45) is 5.92 Å². The Kier molecular flexibility index (Phi) is 2.65. The number of hydrogen-bond acceptors (Lipinski definition) is 3. The number of ketones is 1. The lowest BCUT2D eigenvalue weighted by atomic mass is 9.92. The lowest BCUT2D eigenvalue weighted by molar-refractivity contribution is -0.123. The van der Waals surface area contributed by atoms with Gasteiger partial charge in [-0.05, 0) is 13.0 Å². The molecule has 1 aliphatic rings. The van der Waals surface area contributed by atoms with E-state index < -0.39 is 12.0 Å². The van der Waals surface area contributed by atoms with Crippen LogP contribution in [0.25, 0.3) is 0 Å². The van der Waals surface area contributed by atoms with Crippen LogP contribution in [0.1, 0.15) is 6.92 Å². The van der Waals surface area contributed by atoms with Gasteiger partial charge in [0.1, 0.15) is 17.5 Å². The SMILES string of the molecule is COC1=CC=CC(O)C1C(C)=O. The zero-order chi connectivity index (χ0) is 9.14. The molecule has 0 spiro atoms. The Balaban J connectivity index is 2.88. The van der Waals surface area contributed by atoms with Gasteiger partial charge in [-0.15, -0.1) is 0 Å². The number of rotatable bonds is 2. The molecule has 0 saturated heterocycles. The van der Waals surface area contributed by atoms with Crippen LogP contribution >= 0.6 is 0 Å². The van der Waals surface area contributed by atoms with Gasteiger partial charge in [0.15, 0.2) is 0 Å². The number of Topliss-reactive ketones (excluding diaryl/α,β-unsaturated/α-hetero) is 1. The Bertz CT molecular complexity index is 240. The minimum atomic E-state index is -0.748. The number of aliphatic hydroxyl groups excluding tert-OH is 1. The smallest absolute Gasteiger partial charge is 0.143 e. The molecule has 66 valence electrons. The Labute approximate surface area is 71.3 Å². The van der Waals surface area contributed by atoms with Crippen molar-refractivity contribution in [1.29, 1.82) is 0 Å². The highest BCUT2D eigenvalue weighted by Gasteiger charge is 2.28. The van der Waals surface area contributed by atoms with Crippen molar-refractivity contribution in [1.82, 2.24) is 0 Å². The third-order valence-corrected chi connectivity index (χ3v) is 1.89. The highest BCUT2D eigenvalue weighted by Crippen LogP contribution is 2.22. The third-order valence-electron chi connectivity index (χ3n) is 1.89. The number of carbonyl (C=O) groups is 1. The highest BCUT2D eigenvalue weighted by molar-refractivity contribution is 5.82. The molecule has 0 fully saturated rings. The molecule has 0 aromatic carbocycles. The minimum absolute atomic E-state index is 0.0834. The molecular formula is C9H12O3. The topological polar surface area (TPSA) is 46.5 Å². The summed E-state index contributed by atoms with van der Waals surface area (Å²) in [6.07, 6.45) is 4.21. The predicted molar refractivity (Wildman–Crippen MR) is 44.4 cm³/mol. The standard InChI is InChI=1S/C9H12O3/c1-6(10)9-7(11)4-3-5-8(9)12-2/h3-5,7,9,11H,1-2H3. The van der Waals surface area contributed by atoms with Crippen LogP contribution in [0.4, 0.5) is 0 Å². The Morgan fingerprint density at radius 3 is 2.75 bits per heavy atom. The summed E-state index contributed by atoms with van der Waals surface area (Å²) in [5.74, 6) is -0.0857. The minimum Gasteiger partial charge on any atom is -0.500 e. The summed E-state index contributed by atoms with van der Waals surface area (Å²) in [5.41, 5.74) is 0. The number of allylic oxidation sites excluding steroid dienone is 2. The quantitative estimate of drug-likeness (QED) is 0.658. The van der Waals surface area contributed by atoms with Gasteiger partial charge in [-0.3, -0.25) is 4.79 Å². The first kappa shape index (κ1) is 9.00. The van der Waals surface area contributed by atoms with Crippen molar-refractivity contribution in [3.05, 3.63) is 24.0 Å². The number of aliphatic hydroxyl groups is 1. The van der Waals surface area contributed by atoms with Crippen LogP contribution in [0, 0.1) is 5.92 Å². The van der Waals surface area contributed by atoms with E-state index in [1.54, 1.807) is 18.2 Å². The van der Waals surface area contributed by atoms with Gasteiger partial charge in [-0.2, -0.15) is 0 Å². The van der Waals surface area contributed by atoms with E-state index >= 15 is 0 Å². The molecule has 0 aliphatic heterocycles. The molecule has 0 radical (unpaired) electrons. The molecule has 0 bridgehead atoms. The summed E-state index contributed by atoms with van der Waals surface area (Å²) in [6, 6.07) is 0. The van der Waals surface area contributed by atoms with E-state index in [2.05, 4.69) is 0 Å². The molecule has 3 heteroatoms. The molecule has 0 saturated carbocycles. The van der Waals surface area contributed by atoms with Crippen LogP contribution in [0.15, 0.2) is 24.0 Å². The van der Waals surface area contributed by atoms with E-state index in [0.29, 0.717) is 5.76 Å². The zero-order valence-electron chi connectivity index (χ0n) is 7.15. The second kappa shape index (κ2) is 3.54. The first-order valence-corrected chi connectivity index (χ1v) is 3.77. The maximum absolute atomic E-state index is 11.1. The Hall–Kier alpha value is -1.09. The lowest BCUT2D eigenvalue weighted by Gasteiger charge is -2.22. The van der Waals surface area contributed by atoms with Crippen LogP contribution in [-0.2, 0) is 9.53 Å². The van der Waals surface area contributed by atoms with Gasteiger partial charge >= 0.3 is 0 Å². The zero-order valence-corrected chi connectivity index (χ0v) is 7.15. The fourth-order valence-corrected chi connectivity index (χ4v) is 1.28. The average Bonchev–Trinajstić information content (AvgIpc) is 2.03. The second-order valence-corrected chi connectivity index (χ2v) is 2.74. The number of ether oxygens (including phenoxy) is 1. The maximum atomic E-state index is 11.1. The van der Waals surface area contributed by atoms with Crippen molar-refractivity contribution < 1.29 is 14.6 Å². The van der Waals surface area contributed by atoms with Crippen molar-refractivity contribution in [2.75, 3.05) is 7.11 Å². The molecule has 1 rings (SSSR count). The van der Waals surface area contributed by atoms with Crippen LogP contribution in [0.3, 0.4) is 0 Å². The fourth-order valence-electron chi connectivity index (χ4n) is 1.28. The van der Waals surface area contributed by atoms with Gasteiger partial charge in [0.2, 0.25) is 0 Å². The first-order chi connectivity index (χ1) is 5.66. The van der Waals surface area contributed by atoms with Crippen LogP contribution < -0.4 is 0 Å². The van der Waals surface area contributed by atoms with Gasteiger partial charge in [0.25, 0.3) is 0 Å². The maximum Gasteiger partial charge on any atom is 0.143 e. The van der Waals surface area contributed by atoms with Crippen LogP contribution in [0.2, 0.25) is 0 Å². The number of hydrogen-bond donors (Lipinski definition) is 1. The van der Waals surface area contributed by atoms with Crippen molar-refractivity contribution in [3.63, 3.8) is 0 Å². The van der Waals surface area contributed by atoms with Gasteiger partial charge in [0, 0.05) is 0 Å². The van der Waals surface area contributed by atoms with Gasteiger partial charge in [0.05, 0.1) is 13.2 Å². The van der Waals surface area contributed by atoms with Crippen LogP contribution in [-0.4, -0.2) is 24.1 Å². The molecule has 3 nitrogen and oxygen atoms in total. The normalized spacial score (nSPS) is 28.1. The van der Waals surface area contributed by atoms with E-state index in [1.165, 1.54) is 14.0 Å². The number of methoxy groups -OCH3 is 1. The monoisotopic (exact) mass is 168 g/mol. The Morgan fingerprint density at radius 2 is 2.33 bits per heavy atom. The third kappa shape index (κ3) is 1.56. The van der Waals surface area contributed by atoms with Gasteiger partial charge in [-0.1, -0.05) is 12.2 Å². The first-order valence-electron chi connectivity index (χ1n) is 3.77. The largest absolute Gasteiger partial charge is 0.500 e. The summed E-state index contributed by atoms with van der Waals surface area (Å²) >= 11 is 0. The summed E-state index contributed by atoms with van der Waals surface area (Å²) < 4.78 is 4.96. The molecule has 0 aromatic rings. The molecule has 12 heavy (non-hydrogen) atoms. The van der Waals surface area contributed by atoms with Crippen molar-refractivity contribution in [3.8, 4) is 0 Å². The summed E-state index contributed by atoms with van der Waals surface area (Å²) in [4.78, 5) is 11.1. The van der Waals surface area contributed by atoms with Crippen molar-refractivity contribution >= 4 is 5.78 Å². The fraction of sp³-hybridized carbons (Fsp3) is 0.444. The molecular weight excluding hydrogens is 156 g/mol. The Morgan fingerprint density at radius 1 is 1.67 bits per heavy atom. The summed E-state index contributed by atoms with van der Waals surface area (Å²) in [7, 11) is 1.49. The van der Waals surface area contributed by atoms with Gasteiger partial charge in [-0.25, -0.2) is 0 Å². The van der Waals surface area contributed by atoms with E-state index in [9.17, 15) is 9.90 Å². The average molecular weight is 168 g/mol. The van der Waals surface area contributed by atoms with E-state index in [-0.39, 0.29) is 5.78 Å². The second-order valence-electron chi connectivity index (χ2n) is 2.74. The predicted octanol–water partition coefficient (Wildman–Crippen LogP) is 0.653. The van der Waals surface area contributed by atoms with E-state index in [4.69, 9.17) is 4.74 Å². The highest BCUT2D eigenvalue weighted by atomic mass is 16.5. The molecule has 0 heterocycles. The summed E-state index contributed by atoms with van der Waals surface area (Å²) in [6.45, 7) is 1.44. The van der Waals surface area contributed by atoms with E-state index in [0.717, 1.165) is 0 Å². The lowest BCUT2D eigenvalue weighted by Crippen LogP contribution is -2.29. The molecule has 0 amide bonds. The molecule has 2 unspecified atom stereocenters. The van der Waals surface area contributed by atoms with Crippen LogP contribution in [0.5, 0.6) is 0 Å².